The third-order valence-electron chi connectivity index (χ3n) is 3.59. The lowest BCUT2D eigenvalue weighted by Crippen LogP contribution is -2.44. The summed E-state index contributed by atoms with van der Waals surface area (Å²) in [4.78, 5) is 27.2. The zero-order valence-corrected chi connectivity index (χ0v) is 14.3. The Morgan fingerprint density at radius 3 is 2.29 bits per heavy atom. The first kappa shape index (κ1) is 18.1. The molecule has 0 saturated carbocycles. The van der Waals surface area contributed by atoms with Crippen LogP contribution in [0.4, 0.5) is 4.79 Å². The van der Waals surface area contributed by atoms with Gasteiger partial charge in [-0.05, 0) is 46.5 Å². The van der Waals surface area contributed by atoms with E-state index in [0.717, 1.165) is 25.9 Å². The monoisotopic (exact) mass is 318 g/mol. The topological polar surface area (TPSA) is 49.9 Å². The predicted molar refractivity (Wildman–Crippen MR) is 83.5 cm³/mol. The molecule has 0 unspecified atom stereocenters. The van der Waals surface area contributed by atoms with Crippen LogP contribution in [0.5, 0.6) is 0 Å². The van der Waals surface area contributed by atoms with Crippen molar-refractivity contribution in [1.29, 1.82) is 0 Å². The molecule has 1 rings (SSSR count). The second kappa shape index (κ2) is 7.87. The van der Waals surface area contributed by atoms with Crippen LogP contribution < -0.4 is 0 Å². The Labute approximate surface area is 132 Å². The molecule has 0 N–H and O–H groups in total. The standard InChI is InChI=1S/C15H27ClN2O3/c1-5-17(14(20)21-15(2,3)4)11-12-6-8-18(9-7-12)13(19)10-16/h12H,5-11H2,1-4H3. The minimum Gasteiger partial charge on any atom is -0.444 e. The Kier molecular flexibility index (Phi) is 6.78. The SMILES string of the molecule is CCN(CC1CCN(C(=O)CCl)CC1)C(=O)OC(C)(C)C. The molecule has 6 heteroatoms. The van der Waals surface area contributed by atoms with Gasteiger partial charge in [0.05, 0.1) is 0 Å². The summed E-state index contributed by atoms with van der Waals surface area (Å²) in [6, 6.07) is 0. The highest BCUT2D eigenvalue weighted by atomic mass is 35.5. The number of alkyl halides is 1. The van der Waals surface area contributed by atoms with Crippen LogP contribution in [0.15, 0.2) is 0 Å². The number of halogens is 1. The van der Waals surface area contributed by atoms with Crippen molar-refractivity contribution in [1.82, 2.24) is 9.80 Å². The van der Waals surface area contributed by atoms with Gasteiger partial charge in [-0.2, -0.15) is 0 Å². The van der Waals surface area contributed by atoms with Crippen molar-refractivity contribution in [3.05, 3.63) is 0 Å². The molecule has 0 aromatic heterocycles. The Morgan fingerprint density at radius 2 is 1.86 bits per heavy atom. The van der Waals surface area contributed by atoms with Gasteiger partial charge in [-0.3, -0.25) is 4.79 Å². The third kappa shape index (κ3) is 6.12. The first-order valence-corrected chi connectivity index (χ1v) is 8.12. The van der Waals surface area contributed by atoms with E-state index >= 15 is 0 Å². The first-order valence-electron chi connectivity index (χ1n) is 7.58. The lowest BCUT2D eigenvalue weighted by atomic mass is 9.96. The van der Waals surface area contributed by atoms with Gasteiger partial charge in [0.2, 0.25) is 5.91 Å². The molecule has 0 atom stereocenters. The van der Waals surface area contributed by atoms with Gasteiger partial charge < -0.3 is 14.5 Å². The average Bonchev–Trinajstić information content (AvgIpc) is 2.42. The second-order valence-corrected chi connectivity index (χ2v) is 6.74. The van der Waals surface area contributed by atoms with E-state index in [1.165, 1.54) is 0 Å². The summed E-state index contributed by atoms with van der Waals surface area (Å²) in [5, 5.41) is 0. The van der Waals surface area contributed by atoms with Crippen LogP contribution in [0.2, 0.25) is 0 Å². The molecule has 0 aromatic carbocycles. The molecule has 0 bridgehead atoms. The molecule has 122 valence electrons. The molecule has 1 aliphatic heterocycles. The van der Waals surface area contributed by atoms with Crippen molar-refractivity contribution in [3.63, 3.8) is 0 Å². The summed E-state index contributed by atoms with van der Waals surface area (Å²) in [6.07, 6.45) is 1.55. The number of piperidine rings is 1. The maximum Gasteiger partial charge on any atom is 0.410 e. The summed E-state index contributed by atoms with van der Waals surface area (Å²) < 4.78 is 5.41. The minimum absolute atomic E-state index is 0.00499. The second-order valence-electron chi connectivity index (χ2n) is 6.48. The number of hydrogen-bond acceptors (Lipinski definition) is 3. The Balaban J connectivity index is 2.45. The van der Waals surface area contributed by atoms with Gasteiger partial charge in [-0.1, -0.05) is 0 Å². The normalized spacial score (nSPS) is 16.7. The predicted octanol–water partition coefficient (Wildman–Crippen LogP) is 2.72. The van der Waals surface area contributed by atoms with Gasteiger partial charge in [0.1, 0.15) is 11.5 Å². The molecule has 0 spiro atoms. The van der Waals surface area contributed by atoms with Gasteiger partial charge in [0, 0.05) is 26.2 Å². The molecule has 21 heavy (non-hydrogen) atoms. The molecular weight excluding hydrogens is 292 g/mol. The van der Waals surface area contributed by atoms with Gasteiger partial charge in [0.15, 0.2) is 0 Å². The van der Waals surface area contributed by atoms with Crippen LogP contribution in [0.1, 0.15) is 40.5 Å². The van der Waals surface area contributed by atoms with E-state index in [9.17, 15) is 9.59 Å². The van der Waals surface area contributed by atoms with Crippen molar-refractivity contribution >= 4 is 23.6 Å². The molecule has 1 aliphatic rings. The van der Waals surface area contributed by atoms with Crippen LogP contribution in [-0.4, -0.2) is 59.5 Å². The zero-order valence-electron chi connectivity index (χ0n) is 13.5. The molecule has 1 saturated heterocycles. The number of ether oxygens (including phenoxy) is 1. The molecule has 2 amide bonds. The van der Waals surface area contributed by atoms with Crippen LogP contribution >= 0.6 is 11.6 Å². The van der Waals surface area contributed by atoms with E-state index in [-0.39, 0.29) is 17.9 Å². The molecule has 1 fully saturated rings. The van der Waals surface area contributed by atoms with Crippen molar-refractivity contribution in [2.24, 2.45) is 5.92 Å². The van der Waals surface area contributed by atoms with E-state index < -0.39 is 5.60 Å². The summed E-state index contributed by atoms with van der Waals surface area (Å²) in [6.45, 7) is 10.3. The van der Waals surface area contributed by atoms with E-state index in [4.69, 9.17) is 16.3 Å². The van der Waals surface area contributed by atoms with Crippen LogP contribution in [0.25, 0.3) is 0 Å². The molecule has 5 nitrogen and oxygen atoms in total. The zero-order chi connectivity index (χ0) is 16.0. The van der Waals surface area contributed by atoms with E-state index in [0.29, 0.717) is 19.0 Å². The number of amides is 2. The minimum atomic E-state index is -0.472. The van der Waals surface area contributed by atoms with E-state index in [1.807, 2.05) is 27.7 Å². The fraction of sp³-hybridized carbons (Fsp3) is 0.867. The quantitative estimate of drug-likeness (QED) is 0.749. The Bertz CT molecular complexity index is 360. The van der Waals surface area contributed by atoms with Gasteiger partial charge in [0.25, 0.3) is 0 Å². The van der Waals surface area contributed by atoms with Crippen LogP contribution in [0, 0.1) is 5.92 Å². The van der Waals surface area contributed by atoms with Crippen molar-refractivity contribution in [2.45, 2.75) is 46.1 Å². The highest BCUT2D eigenvalue weighted by Crippen LogP contribution is 2.20. The molecule has 0 aromatic rings. The fourth-order valence-electron chi connectivity index (χ4n) is 2.42. The smallest absolute Gasteiger partial charge is 0.410 e. The van der Waals surface area contributed by atoms with Gasteiger partial charge >= 0.3 is 6.09 Å². The Hall–Kier alpha value is -0.970. The average molecular weight is 319 g/mol. The summed E-state index contributed by atoms with van der Waals surface area (Å²) in [5.74, 6) is 0.454. The number of rotatable bonds is 4. The van der Waals surface area contributed by atoms with Crippen molar-refractivity contribution in [3.8, 4) is 0 Å². The van der Waals surface area contributed by atoms with Gasteiger partial charge in [-0.15, -0.1) is 11.6 Å². The number of nitrogens with zero attached hydrogens (tertiary/aromatic N) is 2. The fourth-order valence-corrected chi connectivity index (χ4v) is 2.59. The highest BCUT2D eigenvalue weighted by Gasteiger charge is 2.27. The van der Waals surface area contributed by atoms with Gasteiger partial charge in [-0.25, -0.2) is 4.79 Å². The maximum absolute atomic E-state index is 12.1. The molecular formula is C15H27ClN2O3. The number of carbonyl (C=O) groups is 2. The molecule has 0 radical (unpaired) electrons. The largest absolute Gasteiger partial charge is 0.444 e. The lowest BCUT2D eigenvalue weighted by molar-refractivity contribution is -0.129. The Morgan fingerprint density at radius 1 is 1.29 bits per heavy atom. The van der Waals surface area contributed by atoms with E-state index in [2.05, 4.69) is 0 Å². The molecule has 1 heterocycles. The summed E-state index contributed by atoms with van der Waals surface area (Å²) in [7, 11) is 0. The van der Waals surface area contributed by atoms with Crippen LogP contribution in [0.3, 0.4) is 0 Å². The lowest BCUT2D eigenvalue weighted by Gasteiger charge is -2.35. The van der Waals surface area contributed by atoms with E-state index in [1.54, 1.807) is 9.80 Å². The number of hydrogen-bond donors (Lipinski definition) is 0. The van der Waals surface area contributed by atoms with Crippen molar-refractivity contribution in [2.75, 3.05) is 32.1 Å². The van der Waals surface area contributed by atoms with Crippen molar-refractivity contribution < 1.29 is 14.3 Å². The third-order valence-corrected chi connectivity index (χ3v) is 3.82. The highest BCUT2D eigenvalue weighted by molar-refractivity contribution is 6.27. The number of carbonyl (C=O) groups excluding carboxylic acids is 2. The number of likely N-dealkylation sites (tertiary alicyclic amines) is 1. The van der Waals surface area contributed by atoms with Crippen LogP contribution in [-0.2, 0) is 9.53 Å². The maximum atomic E-state index is 12.1. The summed E-state index contributed by atoms with van der Waals surface area (Å²) >= 11 is 5.57. The molecule has 0 aliphatic carbocycles. The first-order chi connectivity index (χ1) is 9.76. The summed E-state index contributed by atoms with van der Waals surface area (Å²) in [5.41, 5.74) is -0.472.